The van der Waals surface area contributed by atoms with E-state index in [1.54, 1.807) is 0 Å². The summed E-state index contributed by atoms with van der Waals surface area (Å²) in [6, 6.07) is 19.5. The second kappa shape index (κ2) is 9.90. The maximum Gasteiger partial charge on any atom is 0.225 e. The molecule has 156 valence electrons. The van der Waals surface area contributed by atoms with Crippen LogP contribution in [0.25, 0.3) is 0 Å². The van der Waals surface area contributed by atoms with Gasteiger partial charge in [0, 0.05) is 25.0 Å². The van der Waals surface area contributed by atoms with Crippen molar-refractivity contribution in [1.82, 2.24) is 10.2 Å². The summed E-state index contributed by atoms with van der Waals surface area (Å²) in [7, 11) is 0. The number of likely N-dealkylation sites (tertiary alicyclic amines) is 1. The summed E-state index contributed by atoms with van der Waals surface area (Å²) >= 11 is 0. The minimum Gasteiger partial charge on any atom is -0.354 e. The van der Waals surface area contributed by atoms with Gasteiger partial charge in [-0.25, -0.2) is 0 Å². The molecule has 5 nitrogen and oxygen atoms in total. The number of piperidine rings is 1. The van der Waals surface area contributed by atoms with Crippen molar-refractivity contribution >= 4 is 24.2 Å². The third kappa shape index (κ3) is 6.05. The Morgan fingerprint density at radius 3 is 2.28 bits per heavy atom. The van der Waals surface area contributed by atoms with E-state index in [4.69, 9.17) is 5.73 Å². The number of carbonyl (C=O) groups is 2. The lowest BCUT2D eigenvalue weighted by Gasteiger charge is -2.41. The highest BCUT2D eigenvalue weighted by Crippen LogP contribution is 2.38. The summed E-state index contributed by atoms with van der Waals surface area (Å²) in [5, 5.41) is 2.99. The molecule has 0 aliphatic carbocycles. The van der Waals surface area contributed by atoms with Crippen molar-refractivity contribution in [1.29, 1.82) is 0 Å². The third-order valence-electron chi connectivity index (χ3n) is 5.10. The second-order valence-electron chi connectivity index (χ2n) is 8.21. The Bertz CT molecular complexity index is 806. The van der Waals surface area contributed by atoms with Crippen LogP contribution >= 0.6 is 12.4 Å². The van der Waals surface area contributed by atoms with E-state index in [-0.39, 0.29) is 36.2 Å². The fourth-order valence-corrected chi connectivity index (χ4v) is 3.70. The van der Waals surface area contributed by atoms with Crippen molar-refractivity contribution in [3.8, 4) is 0 Å². The Hall–Kier alpha value is -2.37. The van der Waals surface area contributed by atoms with Gasteiger partial charge in [-0.3, -0.25) is 9.59 Å². The highest BCUT2D eigenvalue weighted by atomic mass is 35.5. The van der Waals surface area contributed by atoms with Gasteiger partial charge in [-0.2, -0.15) is 0 Å². The fourth-order valence-electron chi connectivity index (χ4n) is 3.70. The van der Waals surface area contributed by atoms with Gasteiger partial charge in [0.15, 0.2) is 0 Å². The Kier molecular flexibility index (Phi) is 7.82. The van der Waals surface area contributed by atoms with E-state index in [2.05, 4.69) is 5.32 Å². The van der Waals surface area contributed by atoms with Crippen LogP contribution in [0.3, 0.4) is 0 Å². The molecular weight excluding hydrogens is 386 g/mol. The van der Waals surface area contributed by atoms with Crippen LogP contribution in [0.1, 0.15) is 43.9 Å². The van der Waals surface area contributed by atoms with Crippen molar-refractivity contribution in [2.75, 3.05) is 6.54 Å². The topological polar surface area (TPSA) is 75.4 Å². The molecule has 0 bridgehead atoms. The Morgan fingerprint density at radius 2 is 1.69 bits per heavy atom. The molecule has 2 unspecified atom stereocenters. The van der Waals surface area contributed by atoms with Gasteiger partial charge in [-0.05, 0) is 31.4 Å². The molecule has 29 heavy (non-hydrogen) atoms. The van der Waals surface area contributed by atoms with E-state index >= 15 is 0 Å². The highest BCUT2D eigenvalue weighted by Gasteiger charge is 2.40. The number of nitrogens with two attached hydrogens (primary N) is 1. The predicted octanol–water partition coefficient (Wildman–Crippen LogP) is 3.44. The Morgan fingerprint density at radius 1 is 1.10 bits per heavy atom. The van der Waals surface area contributed by atoms with E-state index in [1.165, 1.54) is 0 Å². The van der Waals surface area contributed by atoms with Crippen LogP contribution in [-0.4, -0.2) is 28.8 Å². The van der Waals surface area contributed by atoms with E-state index in [0.29, 0.717) is 25.9 Å². The van der Waals surface area contributed by atoms with Crippen LogP contribution in [0, 0.1) is 5.92 Å². The molecule has 0 radical (unpaired) electrons. The number of benzene rings is 2. The lowest BCUT2D eigenvalue weighted by atomic mass is 9.83. The molecule has 2 aromatic rings. The van der Waals surface area contributed by atoms with Gasteiger partial charge in [0.05, 0.1) is 12.0 Å². The first-order valence-electron chi connectivity index (χ1n) is 9.80. The Labute approximate surface area is 179 Å². The number of nitrogens with one attached hydrogen (secondary N) is 1. The van der Waals surface area contributed by atoms with Gasteiger partial charge in [0.25, 0.3) is 0 Å². The van der Waals surface area contributed by atoms with Crippen LogP contribution in [0.5, 0.6) is 0 Å². The van der Waals surface area contributed by atoms with Gasteiger partial charge in [0.1, 0.15) is 0 Å². The summed E-state index contributed by atoms with van der Waals surface area (Å²) in [5.74, 6) is -0.259. The molecule has 3 N–H and O–H groups in total. The molecule has 3 rings (SSSR count). The largest absolute Gasteiger partial charge is 0.354 e. The SMILES string of the molecule is CC(C)(N)CNC(=O)C1CCC(=O)N(Cc2ccccc2)C1c1ccccc1.Cl. The van der Waals surface area contributed by atoms with Crippen LogP contribution in [0.15, 0.2) is 60.7 Å². The second-order valence-corrected chi connectivity index (χ2v) is 8.21. The zero-order chi connectivity index (χ0) is 20.1. The molecule has 6 heteroatoms. The van der Waals surface area contributed by atoms with Crippen molar-refractivity contribution in [3.05, 3.63) is 71.8 Å². The summed E-state index contributed by atoms with van der Waals surface area (Å²) < 4.78 is 0. The molecule has 0 saturated carbocycles. The molecule has 2 aromatic carbocycles. The maximum atomic E-state index is 13.0. The normalized spacial score (nSPS) is 19.4. The van der Waals surface area contributed by atoms with E-state index in [1.807, 2.05) is 79.4 Å². The average Bonchev–Trinajstić information content (AvgIpc) is 2.68. The minimum absolute atomic E-state index is 0. The van der Waals surface area contributed by atoms with Gasteiger partial charge >= 0.3 is 0 Å². The summed E-state index contributed by atoms with van der Waals surface area (Å²) in [4.78, 5) is 27.7. The van der Waals surface area contributed by atoms with Gasteiger partial charge < -0.3 is 16.0 Å². The summed E-state index contributed by atoms with van der Waals surface area (Å²) in [5.41, 5.74) is 7.59. The van der Waals surface area contributed by atoms with Crippen molar-refractivity contribution < 1.29 is 9.59 Å². The van der Waals surface area contributed by atoms with Crippen LogP contribution in [-0.2, 0) is 16.1 Å². The number of halogens is 1. The highest BCUT2D eigenvalue weighted by molar-refractivity contribution is 5.85. The fraction of sp³-hybridized carbons (Fsp3) is 0.391. The average molecular weight is 416 g/mol. The number of carbonyl (C=O) groups excluding carboxylic acids is 2. The number of rotatable bonds is 6. The van der Waals surface area contributed by atoms with Crippen molar-refractivity contribution in [2.45, 2.75) is 44.8 Å². The molecule has 0 aromatic heterocycles. The number of hydrogen-bond donors (Lipinski definition) is 2. The molecule has 2 amide bonds. The molecule has 1 saturated heterocycles. The van der Waals surface area contributed by atoms with Gasteiger partial charge in [0.2, 0.25) is 11.8 Å². The zero-order valence-corrected chi connectivity index (χ0v) is 17.8. The number of hydrogen-bond acceptors (Lipinski definition) is 3. The molecular formula is C23H30ClN3O2. The van der Waals surface area contributed by atoms with E-state index < -0.39 is 5.54 Å². The quantitative estimate of drug-likeness (QED) is 0.758. The first kappa shape index (κ1) is 22.9. The van der Waals surface area contributed by atoms with Crippen LogP contribution in [0.2, 0.25) is 0 Å². The van der Waals surface area contributed by atoms with Gasteiger partial charge in [-0.15, -0.1) is 12.4 Å². The lowest BCUT2D eigenvalue weighted by Crippen LogP contribution is -2.51. The van der Waals surface area contributed by atoms with Crippen LogP contribution < -0.4 is 11.1 Å². The number of nitrogens with zero attached hydrogens (tertiary/aromatic N) is 1. The molecule has 0 spiro atoms. The standard InChI is InChI=1S/C23H29N3O2.ClH/c1-23(2,24)16-25-22(28)19-13-14-20(27)26(15-17-9-5-3-6-10-17)21(19)18-11-7-4-8-12-18;/h3-12,19,21H,13-16,24H2,1-2H3,(H,25,28);1H. The number of amides is 2. The first-order valence-corrected chi connectivity index (χ1v) is 9.80. The molecule has 1 aliphatic rings. The molecule has 1 fully saturated rings. The zero-order valence-electron chi connectivity index (χ0n) is 17.0. The van der Waals surface area contributed by atoms with Crippen LogP contribution in [0.4, 0.5) is 0 Å². The van der Waals surface area contributed by atoms with E-state index in [0.717, 1.165) is 11.1 Å². The minimum atomic E-state index is -0.480. The predicted molar refractivity (Wildman–Crippen MR) is 117 cm³/mol. The van der Waals surface area contributed by atoms with Crippen molar-refractivity contribution in [3.63, 3.8) is 0 Å². The summed E-state index contributed by atoms with van der Waals surface area (Å²) in [6.07, 6.45) is 0.917. The molecule has 1 heterocycles. The smallest absolute Gasteiger partial charge is 0.225 e. The monoisotopic (exact) mass is 415 g/mol. The summed E-state index contributed by atoms with van der Waals surface area (Å²) in [6.45, 7) is 4.66. The van der Waals surface area contributed by atoms with E-state index in [9.17, 15) is 9.59 Å². The van der Waals surface area contributed by atoms with Crippen molar-refractivity contribution in [2.24, 2.45) is 11.7 Å². The first-order chi connectivity index (χ1) is 13.3. The lowest BCUT2D eigenvalue weighted by molar-refractivity contribution is -0.144. The Balaban J connectivity index is 0.00000300. The van der Waals surface area contributed by atoms with Gasteiger partial charge in [-0.1, -0.05) is 60.7 Å². The maximum absolute atomic E-state index is 13.0. The molecule has 2 atom stereocenters. The third-order valence-corrected chi connectivity index (χ3v) is 5.10. The molecule has 1 aliphatic heterocycles.